The second-order valence-electron chi connectivity index (χ2n) is 5.12. The number of imidazole rings is 1. The maximum Gasteiger partial charge on any atom is 0.191 e. The Morgan fingerprint density at radius 2 is 2.25 bits per heavy atom. The van der Waals surface area contributed by atoms with E-state index in [-0.39, 0.29) is 0 Å². The van der Waals surface area contributed by atoms with Crippen molar-refractivity contribution in [3.05, 3.63) is 66.8 Å². The van der Waals surface area contributed by atoms with Crippen molar-refractivity contribution in [1.82, 2.24) is 25.2 Å². The van der Waals surface area contributed by atoms with E-state index in [1.165, 1.54) is 0 Å². The van der Waals surface area contributed by atoms with Gasteiger partial charge in [-0.25, -0.2) is 15.0 Å². The van der Waals surface area contributed by atoms with Crippen LogP contribution < -0.4 is 10.6 Å². The molecule has 0 aliphatic rings. The number of aliphatic imine (C=N–C) groups is 1. The number of nitrogens with zero attached hydrogens (tertiary/aromatic N) is 4. The molecule has 0 radical (unpaired) electrons. The van der Waals surface area contributed by atoms with Crippen LogP contribution in [0, 0.1) is 0 Å². The molecule has 0 saturated carbocycles. The fourth-order valence-corrected chi connectivity index (χ4v) is 2.19. The van der Waals surface area contributed by atoms with Crippen molar-refractivity contribution in [3.8, 4) is 5.82 Å². The van der Waals surface area contributed by atoms with Gasteiger partial charge in [-0.05, 0) is 36.8 Å². The van der Waals surface area contributed by atoms with Gasteiger partial charge >= 0.3 is 0 Å². The van der Waals surface area contributed by atoms with Gasteiger partial charge in [0.25, 0.3) is 0 Å². The molecule has 0 aliphatic carbocycles. The molecule has 0 saturated heterocycles. The zero-order valence-electron chi connectivity index (χ0n) is 13.5. The van der Waals surface area contributed by atoms with E-state index in [0.717, 1.165) is 29.6 Å². The predicted molar refractivity (Wildman–Crippen MR) is 91.7 cm³/mol. The number of furan rings is 1. The van der Waals surface area contributed by atoms with Crippen molar-refractivity contribution in [3.63, 3.8) is 0 Å². The monoisotopic (exact) mass is 324 g/mol. The number of hydrogen-bond donors (Lipinski definition) is 2. The van der Waals surface area contributed by atoms with Crippen LogP contribution in [0.25, 0.3) is 5.82 Å². The topological polar surface area (TPSA) is 80.3 Å². The van der Waals surface area contributed by atoms with Gasteiger partial charge in [0.2, 0.25) is 0 Å². The maximum absolute atomic E-state index is 5.32. The smallest absolute Gasteiger partial charge is 0.191 e. The largest absolute Gasteiger partial charge is 0.467 e. The van der Waals surface area contributed by atoms with Crippen molar-refractivity contribution in [1.29, 1.82) is 0 Å². The van der Waals surface area contributed by atoms with Crippen molar-refractivity contribution in [2.75, 3.05) is 6.54 Å². The molecule has 0 aromatic carbocycles. The predicted octanol–water partition coefficient (Wildman–Crippen LogP) is 2.12. The fourth-order valence-electron chi connectivity index (χ4n) is 2.19. The first-order valence-electron chi connectivity index (χ1n) is 7.83. The highest BCUT2D eigenvalue weighted by Crippen LogP contribution is 2.08. The molecule has 24 heavy (non-hydrogen) atoms. The Kier molecular flexibility index (Phi) is 5.24. The zero-order chi connectivity index (χ0) is 16.6. The normalized spacial score (nSPS) is 11.5. The van der Waals surface area contributed by atoms with Crippen LogP contribution in [0.4, 0.5) is 0 Å². The first kappa shape index (κ1) is 15.8. The van der Waals surface area contributed by atoms with Crippen LogP contribution >= 0.6 is 0 Å². The first-order valence-corrected chi connectivity index (χ1v) is 7.83. The van der Waals surface area contributed by atoms with Crippen molar-refractivity contribution in [2.45, 2.75) is 20.0 Å². The van der Waals surface area contributed by atoms with Crippen molar-refractivity contribution < 1.29 is 4.42 Å². The highest BCUT2D eigenvalue weighted by atomic mass is 16.3. The van der Waals surface area contributed by atoms with E-state index in [0.29, 0.717) is 13.1 Å². The molecule has 3 aromatic rings. The van der Waals surface area contributed by atoms with Crippen LogP contribution in [0.15, 0.2) is 64.9 Å². The molecule has 0 fully saturated rings. The molecule has 0 spiro atoms. The third kappa shape index (κ3) is 4.22. The van der Waals surface area contributed by atoms with Gasteiger partial charge in [-0.15, -0.1) is 0 Å². The minimum atomic E-state index is 0.553. The summed E-state index contributed by atoms with van der Waals surface area (Å²) in [6, 6.07) is 7.76. The average molecular weight is 324 g/mol. The molecule has 3 rings (SSSR count). The zero-order valence-corrected chi connectivity index (χ0v) is 13.5. The van der Waals surface area contributed by atoms with Crippen LogP contribution in [0.1, 0.15) is 18.2 Å². The standard InChI is InChI=1S/C17H20N6O/c1-2-19-17(22-12-15-4-3-9-24-15)21-11-14-5-6-20-16(10-14)23-8-7-18-13-23/h3-10,13H,2,11-12H2,1H3,(H2,19,21,22). The Bertz CT molecular complexity index is 764. The minimum absolute atomic E-state index is 0.553. The van der Waals surface area contributed by atoms with Gasteiger partial charge in [0.15, 0.2) is 5.96 Å². The van der Waals surface area contributed by atoms with Gasteiger partial charge in [0.1, 0.15) is 17.9 Å². The lowest BCUT2D eigenvalue weighted by molar-refractivity contribution is 0.501. The lowest BCUT2D eigenvalue weighted by Gasteiger charge is -2.10. The second kappa shape index (κ2) is 7.96. The van der Waals surface area contributed by atoms with E-state index in [1.807, 2.05) is 42.0 Å². The number of nitrogens with one attached hydrogen (secondary N) is 2. The average Bonchev–Trinajstić information content (AvgIpc) is 3.31. The highest BCUT2D eigenvalue weighted by molar-refractivity contribution is 5.79. The number of rotatable bonds is 6. The molecule has 3 aromatic heterocycles. The Morgan fingerprint density at radius 1 is 1.29 bits per heavy atom. The van der Waals surface area contributed by atoms with E-state index in [2.05, 4.69) is 25.6 Å². The Hall–Kier alpha value is -3.09. The molecular weight excluding hydrogens is 304 g/mol. The molecule has 3 heterocycles. The summed E-state index contributed by atoms with van der Waals surface area (Å²) in [5.74, 6) is 2.44. The Morgan fingerprint density at radius 3 is 3.00 bits per heavy atom. The summed E-state index contributed by atoms with van der Waals surface area (Å²) in [7, 11) is 0. The van der Waals surface area contributed by atoms with Crippen LogP contribution in [-0.4, -0.2) is 27.0 Å². The lowest BCUT2D eigenvalue weighted by Crippen LogP contribution is -2.36. The van der Waals surface area contributed by atoms with E-state index in [1.54, 1.807) is 25.0 Å². The van der Waals surface area contributed by atoms with E-state index in [4.69, 9.17) is 4.42 Å². The molecule has 2 N–H and O–H groups in total. The molecule has 7 nitrogen and oxygen atoms in total. The number of hydrogen-bond acceptors (Lipinski definition) is 4. The summed E-state index contributed by atoms with van der Waals surface area (Å²) >= 11 is 0. The molecule has 0 bridgehead atoms. The Balaban J connectivity index is 1.66. The molecular formula is C17H20N6O. The molecule has 0 atom stereocenters. The second-order valence-corrected chi connectivity index (χ2v) is 5.12. The quantitative estimate of drug-likeness (QED) is 0.536. The van der Waals surface area contributed by atoms with Crippen LogP contribution in [-0.2, 0) is 13.1 Å². The fraction of sp³-hybridized carbons (Fsp3) is 0.235. The van der Waals surface area contributed by atoms with Crippen LogP contribution in [0.5, 0.6) is 0 Å². The van der Waals surface area contributed by atoms with Gasteiger partial charge in [-0.2, -0.15) is 0 Å². The summed E-state index contributed by atoms with van der Waals surface area (Å²) in [6.45, 7) is 3.97. The number of pyridine rings is 1. The molecule has 124 valence electrons. The van der Waals surface area contributed by atoms with Crippen LogP contribution in [0.2, 0.25) is 0 Å². The van der Waals surface area contributed by atoms with E-state index in [9.17, 15) is 0 Å². The van der Waals surface area contributed by atoms with Gasteiger partial charge in [0.05, 0.1) is 19.4 Å². The minimum Gasteiger partial charge on any atom is -0.467 e. The highest BCUT2D eigenvalue weighted by Gasteiger charge is 2.02. The maximum atomic E-state index is 5.32. The SMILES string of the molecule is CCNC(=NCc1ccnc(-n2ccnc2)c1)NCc1ccco1. The summed E-state index contributed by atoms with van der Waals surface area (Å²) in [6.07, 6.45) is 8.77. The summed E-state index contributed by atoms with van der Waals surface area (Å²) < 4.78 is 7.19. The van der Waals surface area contributed by atoms with Crippen molar-refractivity contribution in [2.24, 2.45) is 4.99 Å². The summed E-state index contributed by atoms with van der Waals surface area (Å²) in [4.78, 5) is 13.0. The van der Waals surface area contributed by atoms with Gasteiger partial charge in [-0.1, -0.05) is 0 Å². The first-order chi connectivity index (χ1) is 11.8. The van der Waals surface area contributed by atoms with Gasteiger partial charge in [-0.3, -0.25) is 4.57 Å². The number of aromatic nitrogens is 3. The van der Waals surface area contributed by atoms with E-state index < -0.39 is 0 Å². The molecule has 0 unspecified atom stereocenters. The van der Waals surface area contributed by atoms with Crippen LogP contribution in [0.3, 0.4) is 0 Å². The summed E-state index contributed by atoms with van der Waals surface area (Å²) in [5, 5.41) is 6.47. The van der Waals surface area contributed by atoms with E-state index >= 15 is 0 Å². The molecule has 0 aliphatic heterocycles. The molecule has 0 amide bonds. The van der Waals surface area contributed by atoms with Gasteiger partial charge in [0, 0.05) is 25.1 Å². The summed E-state index contributed by atoms with van der Waals surface area (Å²) in [5.41, 5.74) is 1.07. The molecule has 7 heteroatoms. The lowest BCUT2D eigenvalue weighted by atomic mass is 10.2. The van der Waals surface area contributed by atoms with Crippen molar-refractivity contribution >= 4 is 5.96 Å². The Labute approximate surface area is 140 Å². The van der Waals surface area contributed by atoms with Gasteiger partial charge < -0.3 is 15.1 Å². The third-order valence-electron chi connectivity index (χ3n) is 3.35. The number of guanidine groups is 1. The third-order valence-corrected chi connectivity index (χ3v) is 3.35.